The highest BCUT2D eigenvalue weighted by Crippen LogP contribution is 2.28. The fourth-order valence-corrected chi connectivity index (χ4v) is 2.35. The Bertz CT molecular complexity index is 756. The number of rotatable bonds is 5. The van der Waals surface area contributed by atoms with E-state index >= 15 is 0 Å². The van der Waals surface area contributed by atoms with Gasteiger partial charge in [-0.05, 0) is 42.8 Å². The summed E-state index contributed by atoms with van der Waals surface area (Å²) in [4.78, 5) is 12.1. The van der Waals surface area contributed by atoms with Crippen LogP contribution in [0.4, 0.5) is 0 Å². The molecule has 1 atom stereocenters. The predicted octanol–water partition coefficient (Wildman–Crippen LogP) is 3.95. The standard InChI is InChI=1S/C17H14Cl2N2O2/c1-11(23-16-6-5-14(18)8-15(16)19)17(22)21-10-13-4-2-3-12(7-13)9-20/h2-8,11H,10H2,1H3,(H,21,22). The number of halogens is 2. The average Bonchev–Trinajstić information content (AvgIpc) is 2.55. The summed E-state index contributed by atoms with van der Waals surface area (Å²) in [6, 6.07) is 13.9. The lowest BCUT2D eigenvalue weighted by atomic mass is 10.1. The number of amides is 1. The molecule has 0 aromatic heterocycles. The Kier molecular flexibility index (Phi) is 5.86. The number of carbonyl (C=O) groups is 1. The van der Waals surface area contributed by atoms with Crippen molar-refractivity contribution in [3.05, 3.63) is 63.6 Å². The third-order valence-corrected chi connectivity index (χ3v) is 3.62. The molecule has 0 saturated heterocycles. The van der Waals surface area contributed by atoms with Crippen LogP contribution in [-0.4, -0.2) is 12.0 Å². The molecule has 0 aliphatic carbocycles. The van der Waals surface area contributed by atoms with Gasteiger partial charge in [-0.1, -0.05) is 35.3 Å². The normalized spacial score (nSPS) is 11.4. The van der Waals surface area contributed by atoms with Crippen molar-refractivity contribution in [3.63, 3.8) is 0 Å². The topological polar surface area (TPSA) is 62.1 Å². The molecule has 1 unspecified atom stereocenters. The molecule has 0 saturated carbocycles. The van der Waals surface area contributed by atoms with Crippen LogP contribution in [0.2, 0.25) is 10.0 Å². The van der Waals surface area contributed by atoms with Gasteiger partial charge < -0.3 is 10.1 Å². The Hall–Kier alpha value is -2.22. The van der Waals surface area contributed by atoms with E-state index in [1.165, 1.54) is 0 Å². The molecule has 0 radical (unpaired) electrons. The first-order chi connectivity index (χ1) is 11.0. The van der Waals surface area contributed by atoms with Gasteiger partial charge in [-0.15, -0.1) is 0 Å². The van der Waals surface area contributed by atoms with E-state index in [1.54, 1.807) is 43.3 Å². The number of nitrogens with one attached hydrogen (secondary N) is 1. The first kappa shape index (κ1) is 17.1. The SMILES string of the molecule is CC(Oc1ccc(Cl)cc1Cl)C(=O)NCc1cccc(C#N)c1. The maximum Gasteiger partial charge on any atom is 0.261 e. The van der Waals surface area contributed by atoms with Gasteiger partial charge in [0, 0.05) is 11.6 Å². The molecule has 23 heavy (non-hydrogen) atoms. The van der Waals surface area contributed by atoms with Gasteiger partial charge in [0.05, 0.1) is 16.7 Å². The van der Waals surface area contributed by atoms with Crippen molar-refractivity contribution in [2.75, 3.05) is 0 Å². The van der Waals surface area contributed by atoms with E-state index in [4.69, 9.17) is 33.2 Å². The highest BCUT2D eigenvalue weighted by Gasteiger charge is 2.16. The summed E-state index contributed by atoms with van der Waals surface area (Å²) in [6.07, 6.45) is -0.715. The van der Waals surface area contributed by atoms with E-state index in [0.717, 1.165) is 5.56 Å². The zero-order valence-electron chi connectivity index (χ0n) is 12.3. The van der Waals surface area contributed by atoms with Gasteiger partial charge in [-0.2, -0.15) is 5.26 Å². The van der Waals surface area contributed by atoms with Crippen LogP contribution in [0, 0.1) is 11.3 Å². The number of ether oxygens (including phenoxy) is 1. The molecular weight excluding hydrogens is 335 g/mol. The zero-order chi connectivity index (χ0) is 16.8. The number of hydrogen-bond acceptors (Lipinski definition) is 3. The third-order valence-electron chi connectivity index (χ3n) is 3.09. The molecule has 0 spiro atoms. The van der Waals surface area contributed by atoms with Gasteiger partial charge in [0.1, 0.15) is 5.75 Å². The van der Waals surface area contributed by atoms with Crippen molar-refractivity contribution in [1.29, 1.82) is 5.26 Å². The van der Waals surface area contributed by atoms with Crippen molar-refractivity contribution in [3.8, 4) is 11.8 Å². The minimum absolute atomic E-state index is 0.279. The summed E-state index contributed by atoms with van der Waals surface area (Å²) in [5.74, 6) is 0.114. The second-order valence-electron chi connectivity index (χ2n) is 4.86. The molecule has 0 heterocycles. The molecule has 0 bridgehead atoms. The van der Waals surface area contributed by atoms with Crippen LogP contribution in [0.15, 0.2) is 42.5 Å². The maximum atomic E-state index is 12.1. The minimum Gasteiger partial charge on any atom is -0.479 e. The molecule has 0 fully saturated rings. The van der Waals surface area contributed by atoms with E-state index < -0.39 is 6.10 Å². The Morgan fingerprint density at radius 1 is 1.30 bits per heavy atom. The van der Waals surface area contributed by atoms with Gasteiger partial charge in [-0.3, -0.25) is 4.79 Å². The lowest BCUT2D eigenvalue weighted by molar-refractivity contribution is -0.127. The van der Waals surface area contributed by atoms with E-state index in [1.807, 2.05) is 6.07 Å². The fraction of sp³-hybridized carbons (Fsp3) is 0.176. The van der Waals surface area contributed by atoms with E-state index in [0.29, 0.717) is 27.9 Å². The molecule has 0 aliphatic heterocycles. The quantitative estimate of drug-likeness (QED) is 0.889. The van der Waals surface area contributed by atoms with Crippen LogP contribution in [0.1, 0.15) is 18.1 Å². The number of carbonyl (C=O) groups excluding carboxylic acids is 1. The van der Waals surface area contributed by atoms with Crippen LogP contribution in [0.5, 0.6) is 5.75 Å². The number of nitriles is 1. The number of benzene rings is 2. The second-order valence-corrected chi connectivity index (χ2v) is 5.71. The summed E-state index contributed by atoms with van der Waals surface area (Å²) < 4.78 is 5.54. The molecule has 2 rings (SSSR count). The monoisotopic (exact) mass is 348 g/mol. The van der Waals surface area contributed by atoms with Gasteiger partial charge in [0.15, 0.2) is 6.10 Å². The summed E-state index contributed by atoms with van der Waals surface area (Å²) >= 11 is 11.8. The predicted molar refractivity (Wildman–Crippen MR) is 89.6 cm³/mol. The van der Waals surface area contributed by atoms with Crippen molar-refractivity contribution in [2.45, 2.75) is 19.6 Å². The zero-order valence-corrected chi connectivity index (χ0v) is 13.9. The van der Waals surface area contributed by atoms with Crippen LogP contribution in [-0.2, 0) is 11.3 Å². The Morgan fingerprint density at radius 3 is 2.78 bits per heavy atom. The molecule has 4 nitrogen and oxygen atoms in total. The number of nitrogens with zero attached hydrogens (tertiary/aromatic N) is 1. The minimum atomic E-state index is -0.715. The molecule has 0 aliphatic rings. The van der Waals surface area contributed by atoms with Crippen LogP contribution in [0.3, 0.4) is 0 Å². The molecule has 1 amide bonds. The molecule has 118 valence electrons. The van der Waals surface area contributed by atoms with Crippen LogP contribution in [0.25, 0.3) is 0 Å². The van der Waals surface area contributed by atoms with Crippen molar-refractivity contribution < 1.29 is 9.53 Å². The lowest BCUT2D eigenvalue weighted by Gasteiger charge is -2.15. The summed E-state index contributed by atoms with van der Waals surface area (Å²) in [5, 5.41) is 12.5. The summed E-state index contributed by atoms with van der Waals surface area (Å²) in [5.41, 5.74) is 1.39. The first-order valence-corrected chi connectivity index (χ1v) is 7.63. The first-order valence-electron chi connectivity index (χ1n) is 6.88. The van der Waals surface area contributed by atoms with Crippen molar-refractivity contribution >= 4 is 29.1 Å². The van der Waals surface area contributed by atoms with Gasteiger partial charge in [0.2, 0.25) is 0 Å². The maximum absolute atomic E-state index is 12.1. The Labute approximate surface area is 144 Å². The summed E-state index contributed by atoms with van der Waals surface area (Å²) in [6.45, 7) is 1.95. The second kappa shape index (κ2) is 7.87. The highest BCUT2D eigenvalue weighted by molar-refractivity contribution is 6.35. The van der Waals surface area contributed by atoms with Gasteiger partial charge in [-0.25, -0.2) is 0 Å². The molecule has 2 aromatic rings. The van der Waals surface area contributed by atoms with E-state index in [2.05, 4.69) is 11.4 Å². The highest BCUT2D eigenvalue weighted by atomic mass is 35.5. The van der Waals surface area contributed by atoms with Crippen molar-refractivity contribution in [2.24, 2.45) is 0 Å². The van der Waals surface area contributed by atoms with Gasteiger partial charge in [0.25, 0.3) is 5.91 Å². The molecule has 1 N–H and O–H groups in total. The van der Waals surface area contributed by atoms with Crippen LogP contribution < -0.4 is 10.1 Å². The Balaban J connectivity index is 1.93. The molecule has 6 heteroatoms. The molecular formula is C17H14Cl2N2O2. The van der Waals surface area contributed by atoms with E-state index in [9.17, 15) is 4.79 Å². The van der Waals surface area contributed by atoms with Crippen LogP contribution >= 0.6 is 23.2 Å². The lowest BCUT2D eigenvalue weighted by Crippen LogP contribution is -2.35. The molecule has 2 aromatic carbocycles. The number of hydrogen-bond donors (Lipinski definition) is 1. The largest absolute Gasteiger partial charge is 0.479 e. The smallest absolute Gasteiger partial charge is 0.261 e. The average molecular weight is 349 g/mol. The Morgan fingerprint density at radius 2 is 2.09 bits per heavy atom. The van der Waals surface area contributed by atoms with Crippen molar-refractivity contribution in [1.82, 2.24) is 5.32 Å². The fourth-order valence-electron chi connectivity index (χ4n) is 1.90. The van der Waals surface area contributed by atoms with E-state index in [-0.39, 0.29) is 5.91 Å². The summed E-state index contributed by atoms with van der Waals surface area (Å²) in [7, 11) is 0. The van der Waals surface area contributed by atoms with Gasteiger partial charge >= 0.3 is 0 Å². The third kappa shape index (κ3) is 4.88.